The molecule has 0 unspecified atom stereocenters. The van der Waals surface area contributed by atoms with E-state index in [4.69, 9.17) is 9.47 Å². The van der Waals surface area contributed by atoms with Crippen molar-refractivity contribution in [3.8, 4) is 57.8 Å². The first kappa shape index (κ1) is 28.2. The molecule has 40 heavy (non-hydrogen) atoms. The average Bonchev–Trinajstić information content (AvgIpc) is 2.89. The van der Waals surface area contributed by atoms with Crippen LogP contribution in [0.5, 0.6) is 34.5 Å². The van der Waals surface area contributed by atoms with Crippen molar-refractivity contribution in [2.45, 2.75) is 53.4 Å². The van der Waals surface area contributed by atoms with E-state index in [0.29, 0.717) is 43.8 Å². The summed E-state index contributed by atoms with van der Waals surface area (Å²) in [6, 6.07) is 7.71. The second kappa shape index (κ2) is 10.1. The van der Waals surface area contributed by atoms with Gasteiger partial charge in [-0.05, 0) is 47.6 Å². The van der Waals surface area contributed by atoms with Gasteiger partial charge in [-0.3, -0.25) is 0 Å². The zero-order valence-electron chi connectivity index (χ0n) is 23.8. The molecule has 0 atom stereocenters. The molecule has 4 aromatic carbocycles. The molecule has 0 saturated carbocycles. The first-order valence-electron chi connectivity index (χ1n) is 12.9. The largest absolute Gasteiger partial charge is 0.504 e. The minimum atomic E-state index is -0.525. The molecule has 4 rings (SSSR count). The molecule has 8 nitrogen and oxygen atoms in total. The summed E-state index contributed by atoms with van der Waals surface area (Å²) in [5.41, 5.74) is 3.28. The fraction of sp³-hybridized carbons (Fsp3) is 0.312. The van der Waals surface area contributed by atoms with Gasteiger partial charge in [0.2, 0.25) is 0 Å². The van der Waals surface area contributed by atoms with Crippen LogP contribution >= 0.6 is 0 Å². The number of benzene rings is 4. The number of fused-ring (bicyclic) bond motifs is 2. The Balaban J connectivity index is 2.35. The number of aryl methyl sites for hydroxylation is 2. The van der Waals surface area contributed by atoms with E-state index in [1.54, 1.807) is 0 Å². The highest BCUT2D eigenvalue weighted by Gasteiger charge is 2.30. The van der Waals surface area contributed by atoms with Gasteiger partial charge in [-0.1, -0.05) is 39.8 Å². The third-order valence-electron chi connectivity index (χ3n) is 7.51. The smallest absolute Gasteiger partial charge is 0.176 e. The Labute approximate surface area is 232 Å². The molecule has 0 aliphatic carbocycles. The predicted molar refractivity (Wildman–Crippen MR) is 154 cm³/mol. The lowest BCUT2D eigenvalue weighted by atomic mass is 9.83. The number of rotatable bonds is 5. The van der Waals surface area contributed by atoms with Gasteiger partial charge in [-0.15, -0.1) is 0 Å². The lowest BCUT2D eigenvalue weighted by Gasteiger charge is -2.25. The number of nitrogens with zero attached hydrogens (tertiary/aromatic N) is 2. The number of hydrogen-bond donors (Lipinski definition) is 4. The summed E-state index contributed by atoms with van der Waals surface area (Å²) in [5.74, 6) is -1.53. The first-order valence-corrected chi connectivity index (χ1v) is 12.9. The van der Waals surface area contributed by atoms with E-state index in [1.165, 1.54) is 14.2 Å². The van der Waals surface area contributed by atoms with Crippen LogP contribution in [-0.2, 0) is 0 Å². The number of phenolic OH excluding ortho intramolecular Hbond substituents is 4. The molecular formula is C32H32N2O6. The van der Waals surface area contributed by atoms with Crippen molar-refractivity contribution in [2.24, 2.45) is 0 Å². The molecule has 0 saturated heterocycles. The van der Waals surface area contributed by atoms with Crippen molar-refractivity contribution in [1.29, 1.82) is 10.5 Å². The van der Waals surface area contributed by atoms with Gasteiger partial charge < -0.3 is 29.9 Å². The van der Waals surface area contributed by atoms with E-state index in [9.17, 15) is 30.9 Å². The molecule has 0 fully saturated rings. The zero-order chi connectivity index (χ0) is 29.8. The summed E-state index contributed by atoms with van der Waals surface area (Å²) in [5, 5.41) is 65.2. The van der Waals surface area contributed by atoms with Crippen LogP contribution in [0, 0.1) is 36.5 Å². The number of aromatic hydroxyl groups is 4. The van der Waals surface area contributed by atoms with Crippen LogP contribution in [0.15, 0.2) is 12.1 Å². The molecule has 8 heteroatoms. The van der Waals surface area contributed by atoms with Gasteiger partial charge in [-0.2, -0.15) is 10.5 Å². The van der Waals surface area contributed by atoms with Crippen LogP contribution in [0.3, 0.4) is 0 Å². The van der Waals surface area contributed by atoms with Crippen molar-refractivity contribution in [2.75, 3.05) is 14.2 Å². The van der Waals surface area contributed by atoms with Gasteiger partial charge >= 0.3 is 0 Å². The Morgan fingerprint density at radius 3 is 1.20 bits per heavy atom. The molecule has 0 aliphatic rings. The molecule has 206 valence electrons. The van der Waals surface area contributed by atoms with Gasteiger partial charge in [0.25, 0.3) is 0 Å². The molecule has 0 heterocycles. The van der Waals surface area contributed by atoms with Crippen LogP contribution in [0.2, 0.25) is 0 Å². The lowest BCUT2D eigenvalue weighted by molar-refractivity contribution is 0.396. The molecule has 4 N–H and O–H groups in total. The van der Waals surface area contributed by atoms with E-state index in [2.05, 4.69) is 0 Å². The standard InChI is InChI=1S/C32H32N2O6/c1-13(2)21-17-9-15(5)23(31(39-7)25(17)19(11-33)27(35)29(21)37)24-16(6)10-18-22(14(3)4)30(38)28(36)20(12-34)26(18)32(24)40-8/h9-10,13-14,35-38H,1-8H3. The quantitative estimate of drug-likeness (QED) is 0.196. The molecular weight excluding hydrogens is 508 g/mol. The van der Waals surface area contributed by atoms with Gasteiger partial charge in [0.05, 0.1) is 14.2 Å². The second-order valence-corrected chi connectivity index (χ2v) is 10.6. The monoisotopic (exact) mass is 540 g/mol. The van der Waals surface area contributed by atoms with Crippen molar-refractivity contribution in [3.63, 3.8) is 0 Å². The van der Waals surface area contributed by atoms with E-state index in [1.807, 2.05) is 65.8 Å². The summed E-state index contributed by atoms with van der Waals surface area (Å²) in [6.07, 6.45) is 0. The number of ether oxygens (including phenoxy) is 2. The Morgan fingerprint density at radius 1 is 0.625 bits per heavy atom. The second-order valence-electron chi connectivity index (χ2n) is 10.6. The molecule has 0 aliphatic heterocycles. The van der Waals surface area contributed by atoms with E-state index in [0.717, 1.165) is 11.1 Å². The minimum Gasteiger partial charge on any atom is -0.504 e. The highest BCUT2D eigenvalue weighted by atomic mass is 16.5. The minimum absolute atomic E-state index is 0.130. The third-order valence-corrected chi connectivity index (χ3v) is 7.51. The highest BCUT2D eigenvalue weighted by Crippen LogP contribution is 2.54. The first-order chi connectivity index (χ1) is 18.9. The summed E-state index contributed by atoms with van der Waals surface area (Å²) in [6.45, 7) is 11.2. The van der Waals surface area contributed by atoms with Gasteiger partial charge in [-0.25, -0.2) is 0 Å². The van der Waals surface area contributed by atoms with Crippen LogP contribution < -0.4 is 9.47 Å². The van der Waals surface area contributed by atoms with Crippen molar-refractivity contribution in [1.82, 2.24) is 0 Å². The van der Waals surface area contributed by atoms with E-state index >= 15 is 0 Å². The lowest BCUT2D eigenvalue weighted by Crippen LogP contribution is -2.03. The molecule has 0 radical (unpaired) electrons. The van der Waals surface area contributed by atoms with Crippen LogP contribution in [0.25, 0.3) is 32.7 Å². The van der Waals surface area contributed by atoms with Gasteiger partial charge in [0, 0.05) is 33.0 Å². The van der Waals surface area contributed by atoms with E-state index < -0.39 is 11.5 Å². The number of methoxy groups -OCH3 is 2. The van der Waals surface area contributed by atoms with Crippen LogP contribution in [0.1, 0.15) is 72.9 Å². The van der Waals surface area contributed by atoms with Gasteiger partial charge in [0.15, 0.2) is 23.0 Å². The summed E-state index contributed by atoms with van der Waals surface area (Å²) < 4.78 is 11.9. The summed E-state index contributed by atoms with van der Waals surface area (Å²) in [4.78, 5) is 0. The van der Waals surface area contributed by atoms with E-state index in [-0.39, 0.29) is 46.0 Å². The summed E-state index contributed by atoms with van der Waals surface area (Å²) in [7, 11) is 2.92. The highest BCUT2D eigenvalue weighted by molar-refractivity contribution is 6.09. The Hall–Kier alpha value is -4.82. The summed E-state index contributed by atoms with van der Waals surface area (Å²) >= 11 is 0. The average molecular weight is 541 g/mol. The fourth-order valence-corrected chi connectivity index (χ4v) is 5.90. The molecule has 0 bridgehead atoms. The van der Waals surface area contributed by atoms with Crippen LogP contribution in [-0.4, -0.2) is 34.6 Å². The van der Waals surface area contributed by atoms with Crippen molar-refractivity contribution >= 4 is 21.5 Å². The van der Waals surface area contributed by atoms with Gasteiger partial charge in [0.1, 0.15) is 34.8 Å². The van der Waals surface area contributed by atoms with Crippen molar-refractivity contribution in [3.05, 3.63) is 45.5 Å². The fourth-order valence-electron chi connectivity index (χ4n) is 5.90. The molecule has 0 amide bonds. The molecule has 0 spiro atoms. The maximum absolute atomic E-state index is 10.8. The normalized spacial score (nSPS) is 11.3. The Bertz CT molecular complexity index is 1670. The number of phenols is 4. The SMILES string of the molecule is COc1c(-c2c(C)cc3c(C(C)C)c(O)c(O)c(C#N)c3c2OC)c(C)cc2c(C(C)C)c(O)c(O)c(C#N)c12. The Kier molecular flexibility index (Phi) is 7.09. The maximum atomic E-state index is 10.8. The molecule has 0 aromatic heterocycles. The topological polar surface area (TPSA) is 147 Å². The number of nitriles is 2. The third kappa shape index (κ3) is 3.79. The maximum Gasteiger partial charge on any atom is 0.176 e. The predicted octanol–water partition coefficient (Wildman–Crippen LogP) is 7.11. The Morgan fingerprint density at radius 2 is 0.950 bits per heavy atom. The number of hydrogen-bond acceptors (Lipinski definition) is 8. The molecule has 4 aromatic rings. The van der Waals surface area contributed by atoms with Crippen molar-refractivity contribution < 1.29 is 29.9 Å². The zero-order valence-corrected chi connectivity index (χ0v) is 23.8. The van der Waals surface area contributed by atoms with Crippen LogP contribution in [0.4, 0.5) is 0 Å².